The minimum absolute atomic E-state index is 0.100. The Hall–Kier alpha value is -1.20. The van der Waals surface area contributed by atoms with Gasteiger partial charge in [-0.2, -0.15) is 21.6 Å². The van der Waals surface area contributed by atoms with Crippen LogP contribution in [0.3, 0.4) is 0 Å². The van der Waals surface area contributed by atoms with Crippen LogP contribution in [0.15, 0.2) is 27.0 Å². The molecule has 0 aliphatic rings. The summed E-state index contributed by atoms with van der Waals surface area (Å²) in [5.41, 5.74) is -1.19. The summed E-state index contributed by atoms with van der Waals surface area (Å²) in [4.78, 5) is 0. The fourth-order valence-electron chi connectivity index (χ4n) is 1.40. The highest BCUT2D eigenvalue weighted by Crippen LogP contribution is 2.34. The van der Waals surface area contributed by atoms with Gasteiger partial charge in [0.1, 0.15) is 5.01 Å². The number of nitrogens with zero attached hydrogens (tertiary/aromatic N) is 2. The van der Waals surface area contributed by atoms with Crippen molar-refractivity contribution in [1.82, 2.24) is 10.2 Å². The van der Waals surface area contributed by atoms with E-state index in [4.69, 9.17) is 0 Å². The summed E-state index contributed by atoms with van der Waals surface area (Å²) in [5.74, 6) is 0. The van der Waals surface area contributed by atoms with Crippen molar-refractivity contribution >= 4 is 43.0 Å². The van der Waals surface area contributed by atoms with E-state index in [2.05, 4.69) is 30.8 Å². The number of aromatic nitrogens is 2. The summed E-state index contributed by atoms with van der Waals surface area (Å²) < 4.78 is 63.9. The number of halogens is 4. The quantitative estimate of drug-likeness (QED) is 0.854. The lowest BCUT2D eigenvalue weighted by molar-refractivity contribution is -0.137. The number of benzene rings is 1. The molecular formula is C10H7BrF3N3O2S2. The van der Waals surface area contributed by atoms with Crippen molar-refractivity contribution in [3.63, 3.8) is 0 Å². The van der Waals surface area contributed by atoms with Crippen molar-refractivity contribution in [2.24, 2.45) is 0 Å². The largest absolute Gasteiger partial charge is 0.416 e. The van der Waals surface area contributed by atoms with E-state index >= 15 is 0 Å². The Morgan fingerprint density at radius 1 is 1.24 bits per heavy atom. The van der Waals surface area contributed by atoms with Crippen LogP contribution in [0.25, 0.3) is 0 Å². The van der Waals surface area contributed by atoms with Crippen LogP contribution >= 0.6 is 27.3 Å². The van der Waals surface area contributed by atoms with Gasteiger partial charge < -0.3 is 0 Å². The standard InChI is InChI=1S/C10H7BrF3N3O2S2/c1-5-15-16-9(20-5)21(18,19)17-8-3-6(10(12,13)14)2-7(11)4-8/h2-4,17H,1H3. The van der Waals surface area contributed by atoms with Crippen molar-refractivity contribution in [1.29, 1.82) is 0 Å². The summed E-state index contributed by atoms with van der Waals surface area (Å²) in [6.07, 6.45) is -4.58. The third-order valence-corrected chi connectivity index (χ3v) is 5.26. The Kier molecular flexibility index (Phi) is 4.26. The normalized spacial score (nSPS) is 12.4. The summed E-state index contributed by atoms with van der Waals surface area (Å²) >= 11 is 3.73. The zero-order valence-electron chi connectivity index (χ0n) is 10.3. The molecule has 0 aliphatic heterocycles. The monoisotopic (exact) mass is 401 g/mol. The van der Waals surface area contributed by atoms with Crippen molar-refractivity contribution in [3.8, 4) is 0 Å². The molecule has 21 heavy (non-hydrogen) atoms. The predicted molar refractivity (Wildman–Crippen MR) is 74.6 cm³/mol. The lowest BCUT2D eigenvalue weighted by atomic mass is 10.2. The number of nitrogens with one attached hydrogen (secondary N) is 1. The van der Waals surface area contributed by atoms with Gasteiger partial charge in [0.2, 0.25) is 0 Å². The number of anilines is 1. The molecule has 0 fully saturated rings. The molecule has 114 valence electrons. The van der Waals surface area contributed by atoms with Gasteiger partial charge in [0.25, 0.3) is 14.4 Å². The molecule has 0 bridgehead atoms. The van der Waals surface area contributed by atoms with Gasteiger partial charge in [0.15, 0.2) is 0 Å². The molecular weight excluding hydrogens is 395 g/mol. The predicted octanol–water partition coefficient (Wildman–Crippen LogP) is 3.43. The molecule has 0 amide bonds. The second-order valence-corrected chi connectivity index (χ2v) is 7.87. The number of aryl methyl sites for hydroxylation is 1. The van der Waals surface area contributed by atoms with Gasteiger partial charge in [0.05, 0.1) is 11.3 Å². The fourth-order valence-corrected chi connectivity index (χ4v) is 3.90. The topological polar surface area (TPSA) is 72.0 Å². The van der Waals surface area contributed by atoms with Crippen molar-refractivity contribution < 1.29 is 21.6 Å². The molecule has 0 radical (unpaired) electrons. The maximum atomic E-state index is 12.7. The SMILES string of the molecule is Cc1nnc(S(=O)(=O)Nc2cc(Br)cc(C(F)(F)F)c2)s1. The molecule has 0 unspecified atom stereocenters. The molecule has 0 saturated heterocycles. The van der Waals surface area contributed by atoms with Crippen LogP contribution in [-0.2, 0) is 16.2 Å². The van der Waals surface area contributed by atoms with E-state index in [1.54, 1.807) is 6.92 Å². The zero-order chi connectivity index (χ0) is 15.8. The van der Waals surface area contributed by atoms with Crippen molar-refractivity contribution in [3.05, 3.63) is 33.2 Å². The lowest BCUT2D eigenvalue weighted by Crippen LogP contribution is -2.14. The highest BCUT2D eigenvalue weighted by molar-refractivity contribution is 9.10. The number of hydrogen-bond donors (Lipinski definition) is 1. The third kappa shape index (κ3) is 3.92. The van der Waals surface area contributed by atoms with Crippen LogP contribution in [0.5, 0.6) is 0 Å². The van der Waals surface area contributed by atoms with Gasteiger partial charge in [-0.1, -0.05) is 27.3 Å². The smallest absolute Gasteiger partial charge is 0.278 e. The highest BCUT2D eigenvalue weighted by atomic mass is 79.9. The first-order valence-corrected chi connectivity index (χ1v) is 8.38. The molecule has 0 spiro atoms. The van der Waals surface area contributed by atoms with Crippen LogP contribution in [0.1, 0.15) is 10.6 Å². The van der Waals surface area contributed by atoms with Gasteiger partial charge in [0, 0.05) is 4.47 Å². The first-order chi connectivity index (χ1) is 9.58. The van der Waals surface area contributed by atoms with Crippen molar-refractivity contribution in [2.75, 3.05) is 4.72 Å². The molecule has 0 aliphatic carbocycles. The summed E-state index contributed by atoms with van der Waals surface area (Å²) in [7, 11) is -4.06. The molecule has 0 saturated carbocycles. The number of sulfonamides is 1. The van der Waals surface area contributed by atoms with Crippen LogP contribution in [0, 0.1) is 6.92 Å². The molecule has 1 N–H and O–H groups in total. The van der Waals surface area contributed by atoms with Crippen molar-refractivity contribution in [2.45, 2.75) is 17.4 Å². The lowest BCUT2D eigenvalue weighted by Gasteiger charge is -2.11. The molecule has 2 aromatic rings. The summed E-state index contributed by atoms with van der Waals surface area (Å²) in [5, 5.41) is 7.45. The van der Waals surface area contributed by atoms with Gasteiger partial charge in [-0.15, -0.1) is 10.2 Å². The Bertz CT molecular complexity index is 774. The number of rotatable bonds is 3. The molecule has 1 aromatic heterocycles. The molecule has 1 heterocycles. The molecule has 11 heteroatoms. The highest BCUT2D eigenvalue weighted by Gasteiger charge is 2.31. The Balaban J connectivity index is 2.38. The molecule has 2 rings (SSSR count). The Morgan fingerprint density at radius 3 is 2.43 bits per heavy atom. The Labute approximate surface area is 130 Å². The van der Waals surface area contributed by atoms with E-state index < -0.39 is 21.8 Å². The first kappa shape index (κ1) is 16.2. The zero-order valence-corrected chi connectivity index (χ0v) is 13.5. The third-order valence-electron chi connectivity index (χ3n) is 2.21. The van der Waals surface area contributed by atoms with Crippen LogP contribution in [0.2, 0.25) is 0 Å². The van der Waals surface area contributed by atoms with Gasteiger partial charge >= 0.3 is 6.18 Å². The van der Waals surface area contributed by atoms with Gasteiger partial charge in [-0.3, -0.25) is 4.72 Å². The van der Waals surface area contributed by atoms with E-state index in [1.165, 1.54) is 6.07 Å². The second kappa shape index (κ2) is 5.54. The van der Waals surface area contributed by atoms with Crippen LogP contribution in [-0.4, -0.2) is 18.6 Å². The molecule has 5 nitrogen and oxygen atoms in total. The molecule has 1 aromatic carbocycles. The van der Waals surface area contributed by atoms with E-state index in [9.17, 15) is 21.6 Å². The minimum Gasteiger partial charge on any atom is -0.278 e. The van der Waals surface area contributed by atoms with E-state index in [0.717, 1.165) is 17.4 Å². The van der Waals surface area contributed by atoms with Gasteiger partial charge in [-0.05, 0) is 25.1 Å². The van der Waals surface area contributed by atoms with Crippen LogP contribution < -0.4 is 4.72 Å². The molecule has 0 atom stereocenters. The maximum Gasteiger partial charge on any atom is 0.416 e. The average molecular weight is 402 g/mol. The minimum atomic E-state index is -4.58. The first-order valence-electron chi connectivity index (χ1n) is 5.29. The van der Waals surface area contributed by atoms with Crippen LogP contribution in [0.4, 0.5) is 18.9 Å². The fraction of sp³-hybridized carbons (Fsp3) is 0.200. The summed E-state index contributed by atoms with van der Waals surface area (Å²) in [6, 6.07) is 2.78. The average Bonchev–Trinajstić information content (AvgIpc) is 2.74. The number of hydrogen-bond acceptors (Lipinski definition) is 5. The number of alkyl halides is 3. The Morgan fingerprint density at radius 2 is 1.90 bits per heavy atom. The summed E-state index contributed by atoms with van der Waals surface area (Å²) in [6.45, 7) is 1.57. The second-order valence-electron chi connectivity index (χ2n) is 3.92. The maximum absolute atomic E-state index is 12.7. The van der Waals surface area contributed by atoms with E-state index in [-0.39, 0.29) is 14.5 Å². The van der Waals surface area contributed by atoms with E-state index in [0.29, 0.717) is 11.1 Å². The van der Waals surface area contributed by atoms with Gasteiger partial charge in [-0.25, -0.2) is 0 Å². The van der Waals surface area contributed by atoms with E-state index in [1.807, 2.05) is 0 Å².